The van der Waals surface area contributed by atoms with E-state index >= 15 is 0 Å². The molecule has 1 amide bonds. The predicted molar refractivity (Wildman–Crippen MR) is 176 cm³/mol. The van der Waals surface area contributed by atoms with Crippen molar-refractivity contribution in [2.24, 2.45) is 12.5 Å². The number of fused-ring (bicyclic) bond motifs is 1. The Kier molecular flexibility index (Phi) is 8.34. The van der Waals surface area contributed by atoms with Crippen LogP contribution in [0.2, 0.25) is 0 Å². The molecule has 0 spiro atoms. The van der Waals surface area contributed by atoms with Crippen LogP contribution in [0.25, 0.3) is 22.2 Å². The van der Waals surface area contributed by atoms with E-state index < -0.39 is 6.09 Å². The minimum absolute atomic E-state index is 0.125. The van der Waals surface area contributed by atoms with Crippen LogP contribution in [0.15, 0.2) is 91.0 Å². The Bertz CT molecular complexity index is 1780. The van der Waals surface area contributed by atoms with Gasteiger partial charge in [-0.1, -0.05) is 81.4 Å². The summed E-state index contributed by atoms with van der Waals surface area (Å²) in [5.41, 5.74) is 5.45. The van der Waals surface area contributed by atoms with E-state index in [1.165, 1.54) is 0 Å². The van der Waals surface area contributed by atoms with Crippen LogP contribution in [0.3, 0.4) is 0 Å². The summed E-state index contributed by atoms with van der Waals surface area (Å²) in [7, 11) is 1.94. The summed E-state index contributed by atoms with van der Waals surface area (Å²) in [5.74, 6) is 0.924. The number of amides is 1. The molecule has 9 nitrogen and oxygen atoms in total. The molecular weight excluding hydrogens is 566 g/mol. The molecule has 1 atom stereocenters. The van der Waals surface area contributed by atoms with Crippen LogP contribution in [-0.2, 0) is 20.3 Å². The average Bonchev–Trinajstić information content (AvgIpc) is 3.38. The molecule has 0 saturated carbocycles. The van der Waals surface area contributed by atoms with Crippen LogP contribution in [0.5, 0.6) is 11.8 Å². The van der Waals surface area contributed by atoms with Crippen LogP contribution < -0.4 is 14.4 Å². The van der Waals surface area contributed by atoms with Gasteiger partial charge in [-0.15, -0.1) is 0 Å². The van der Waals surface area contributed by atoms with Gasteiger partial charge in [-0.25, -0.2) is 4.79 Å². The first-order valence-corrected chi connectivity index (χ1v) is 15.2. The van der Waals surface area contributed by atoms with Crippen LogP contribution in [-0.4, -0.2) is 56.5 Å². The maximum atomic E-state index is 12.0. The molecular formula is C36H39N5O4. The summed E-state index contributed by atoms with van der Waals surface area (Å²) in [5, 5.41) is 15.7. The lowest BCUT2D eigenvalue weighted by molar-refractivity contribution is 0.0748. The highest BCUT2D eigenvalue weighted by molar-refractivity contribution is 5.96. The van der Waals surface area contributed by atoms with Gasteiger partial charge in [0, 0.05) is 43.8 Å². The van der Waals surface area contributed by atoms with Gasteiger partial charge in [0.05, 0.1) is 17.1 Å². The summed E-state index contributed by atoms with van der Waals surface area (Å²) >= 11 is 0. The van der Waals surface area contributed by atoms with Gasteiger partial charge in [0.2, 0.25) is 11.8 Å². The van der Waals surface area contributed by atoms with Crippen molar-refractivity contribution < 1.29 is 19.4 Å². The molecule has 9 heteroatoms. The molecule has 1 fully saturated rings. The molecule has 3 heterocycles. The van der Waals surface area contributed by atoms with E-state index in [-0.39, 0.29) is 11.5 Å². The fraction of sp³-hybridized carbons (Fsp3) is 0.306. The van der Waals surface area contributed by atoms with Crippen molar-refractivity contribution in [2.75, 3.05) is 24.5 Å². The van der Waals surface area contributed by atoms with Gasteiger partial charge >= 0.3 is 6.09 Å². The number of hydrogen-bond acceptors (Lipinski definition) is 6. The van der Waals surface area contributed by atoms with Crippen molar-refractivity contribution in [1.29, 1.82) is 0 Å². The smallest absolute Gasteiger partial charge is 0.407 e. The van der Waals surface area contributed by atoms with E-state index in [1.54, 1.807) is 4.90 Å². The lowest BCUT2D eigenvalue weighted by atomic mass is 9.84. The number of ether oxygens (including phenoxy) is 2. The molecule has 5 aromatic rings. The molecule has 1 unspecified atom stereocenters. The van der Waals surface area contributed by atoms with Crippen molar-refractivity contribution in [3.05, 3.63) is 102 Å². The van der Waals surface area contributed by atoms with Crippen LogP contribution in [0.4, 0.5) is 10.5 Å². The number of aromatic nitrogens is 3. The zero-order chi connectivity index (χ0) is 31.6. The van der Waals surface area contributed by atoms with Crippen molar-refractivity contribution in [3.8, 4) is 23.0 Å². The zero-order valence-corrected chi connectivity index (χ0v) is 26.2. The molecule has 1 saturated heterocycles. The second-order valence-electron chi connectivity index (χ2n) is 12.5. The number of anilines is 1. The standard InChI is InChI=1S/C36H39N5O4/c1-36(2,3)31-22-40(19-20-41(31)35(42)43)27-15-16-28-30(21-27)39(4)38-33(28)29-17-18-32(44-23-25-11-7-5-8-12-25)37-34(29)45-24-26-13-9-6-10-14-26/h5-18,21,31H,19-20,22-24H2,1-4H3,(H,42,43). The maximum Gasteiger partial charge on any atom is 0.407 e. The van der Waals surface area contributed by atoms with Gasteiger partial charge in [-0.05, 0) is 40.8 Å². The highest BCUT2D eigenvalue weighted by Crippen LogP contribution is 2.37. The fourth-order valence-corrected chi connectivity index (χ4v) is 5.88. The van der Waals surface area contributed by atoms with Crippen molar-refractivity contribution in [1.82, 2.24) is 19.7 Å². The van der Waals surface area contributed by atoms with E-state index in [1.807, 2.05) is 84.5 Å². The Morgan fingerprint density at radius 1 is 0.889 bits per heavy atom. The van der Waals surface area contributed by atoms with E-state index in [9.17, 15) is 9.90 Å². The summed E-state index contributed by atoms with van der Waals surface area (Å²) < 4.78 is 14.2. The van der Waals surface area contributed by atoms with Crippen molar-refractivity contribution in [3.63, 3.8) is 0 Å². The summed E-state index contributed by atoms with van der Waals surface area (Å²) in [6, 6.07) is 30.0. The number of carboxylic acid groups (broad SMARTS) is 1. The predicted octanol–water partition coefficient (Wildman–Crippen LogP) is 7.01. The van der Waals surface area contributed by atoms with Gasteiger partial charge in [0.15, 0.2) is 0 Å². The Labute approximate surface area is 263 Å². The number of carbonyl (C=O) groups is 1. The largest absolute Gasteiger partial charge is 0.473 e. The first kappa shape index (κ1) is 30.0. The van der Waals surface area contributed by atoms with Crippen LogP contribution in [0, 0.1) is 5.41 Å². The average molecular weight is 606 g/mol. The summed E-state index contributed by atoms with van der Waals surface area (Å²) in [6.07, 6.45) is -0.864. The van der Waals surface area contributed by atoms with Gasteiger partial charge < -0.3 is 24.4 Å². The molecule has 1 aliphatic heterocycles. The van der Waals surface area contributed by atoms with Gasteiger partial charge in [0.1, 0.15) is 18.9 Å². The molecule has 45 heavy (non-hydrogen) atoms. The molecule has 3 aromatic carbocycles. The third kappa shape index (κ3) is 6.57. The number of nitrogens with zero attached hydrogens (tertiary/aromatic N) is 5. The molecule has 2 aromatic heterocycles. The summed E-state index contributed by atoms with van der Waals surface area (Å²) in [6.45, 7) is 8.75. The normalized spacial score (nSPS) is 15.3. The van der Waals surface area contributed by atoms with E-state index in [2.05, 4.69) is 43.9 Å². The minimum Gasteiger partial charge on any atom is -0.473 e. The molecule has 232 valence electrons. The monoisotopic (exact) mass is 605 g/mol. The van der Waals surface area contributed by atoms with Gasteiger partial charge in [-0.3, -0.25) is 4.68 Å². The molecule has 1 N–H and O–H groups in total. The van der Waals surface area contributed by atoms with Gasteiger partial charge in [-0.2, -0.15) is 10.1 Å². The Balaban J connectivity index is 1.31. The summed E-state index contributed by atoms with van der Waals surface area (Å²) in [4.78, 5) is 20.6. The number of piperazine rings is 1. The number of rotatable bonds is 8. The van der Waals surface area contributed by atoms with Crippen LogP contribution in [0.1, 0.15) is 31.9 Å². The Morgan fingerprint density at radius 2 is 1.56 bits per heavy atom. The van der Waals surface area contributed by atoms with Crippen molar-refractivity contribution in [2.45, 2.75) is 40.0 Å². The number of aryl methyl sites for hydroxylation is 1. The number of pyridine rings is 1. The number of hydrogen-bond donors (Lipinski definition) is 1. The molecule has 0 aliphatic carbocycles. The van der Waals surface area contributed by atoms with E-state index in [0.29, 0.717) is 44.6 Å². The molecule has 1 aliphatic rings. The second-order valence-corrected chi connectivity index (χ2v) is 12.5. The number of benzene rings is 3. The molecule has 0 bridgehead atoms. The second kappa shape index (κ2) is 12.5. The fourth-order valence-electron chi connectivity index (χ4n) is 5.88. The highest BCUT2D eigenvalue weighted by atomic mass is 16.5. The lowest BCUT2D eigenvalue weighted by Crippen LogP contribution is -2.59. The Morgan fingerprint density at radius 3 is 2.20 bits per heavy atom. The third-order valence-electron chi connectivity index (χ3n) is 8.36. The zero-order valence-electron chi connectivity index (χ0n) is 26.2. The lowest BCUT2D eigenvalue weighted by Gasteiger charge is -2.46. The first-order valence-electron chi connectivity index (χ1n) is 15.2. The quantitative estimate of drug-likeness (QED) is 0.203. The van der Waals surface area contributed by atoms with Gasteiger partial charge in [0.25, 0.3) is 0 Å². The topological polar surface area (TPSA) is 93.0 Å². The highest BCUT2D eigenvalue weighted by Gasteiger charge is 2.38. The third-order valence-corrected chi connectivity index (χ3v) is 8.36. The SMILES string of the molecule is Cn1nc(-c2ccc(OCc3ccccc3)nc2OCc2ccccc2)c2ccc(N3CCN(C(=O)O)C(C(C)(C)C)C3)cc21. The van der Waals surface area contributed by atoms with Crippen LogP contribution >= 0.6 is 0 Å². The molecule has 0 radical (unpaired) electrons. The Hall–Kier alpha value is -5.05. The van der Waals surface area contributed by atoms with E-state index in [0.717, 1.165) is 39.0 Å². The maximum absolute atomic E-state index is 12.0. The first-order chi connectivity index (χ1) is 21.7. The molecule has 6 rings (SSSR count). The van der Waals surface area contributed by atoms with E-state index in [4.69, 9.17) is 19.6 Å². The van der Waals surface area contributed by atoms with Crippen molar-refractivity contribution >= 4 is 22.7 Å². The minimum atomic E-state index is -0.864.